The standard InChI is InChI=1S/C120H171N9O9/c1-10-19-28-37-46-55-82-130-106-91-100(92-107(131-83-56-47-38-29-20-11-2)112(106)136-88-61-52-43-34-25-16-7)67-64-97-70-76-103(77-71-97)115-121-124-118-127(115)119-125-122-116(104-78-72-98(73-79-104)65-68-101-93-108(132-84-57-48-39-30-21-12-3)113(137-89-62-53-44-35-26-17-8)109(94-101)133-85-58-49-40-31-22-13-4)129(119)120-126-123-117(128(118)120)105-80-74-99(75-81-105)66-69-102-95-110(134-86-59-50-41-32-23-14-5)114(138-90-63-54-45-36-27-18-9)111(96-102)135-87-60-51-42-33-24-15-6/h70-81,91-96H,10-63,82-90H2,1-9H3. The van der Waals surface area contributed by atoms with Gasteiger partial charge in [-0.2, -0.15) is 0 Å². The van der Waals surface area contributed by atoms with E-state index in [1.807, 2.05) is 122 Å². The molecule has 0 bridgehead atoms. The third-order valence-electron chi connectivity index (χ3n) is 25.8. The summed E-state index contributed by atoms with van der Waals surface area (Å²) in [7, 11) is 0. The zero-order valence-electron chi connectivity index (χ0n) is 86.6. The molecule has 10 rings (SSSR count). The lowest BCUT2D eigenvalue weighted by Crippen LogP contribution is -2.07. The molecule has 18 nitrogen and oxygen atoms in total. The van der Waals surface area contributed by atoms with Gasteiger partial charge in [0.1, 0.15) is 0 Å². The second-order valence-corrected chi connectivity index (χ2v) is 37.9. The van der Waals surface area contributed by atoms with Crippen LogP contribution in [0.3, 0.4) is 0 Å². The number of benzene rings is 6. The highest BCUT2D eigenvalue weighted by atomic mass is 16.6. The van der Waals surface area contributed by atoms with Gasteiger partial charge in [-0.1, -0.05) is 387 Å². The summed E-state index contributed by atoms with van der Waals surface area (Å²) in [5, 5.41) is 30.0. The Balaban J connectivity index is 1.02. The van der Waals surface area contributed by atoms with Crippen molar-refractivity contribution in [1.82, 2.24) is 43.8 Å². The number of unbranched alkanes of at least 4 members (excludes halogenated alkanes) is 45. The fourth-order valence-electron chi connectivity index (χ4n) is 17.5. The van der Waals surface area contributed by atoms with Crippen LogP contribution in [0.1, 0.15) is 442 Å². The summed E-state index contributed by atoms with van der Waals surface area (Å²) in [4.78, 5) is 0. The van der Waals surface area contributed by atoms with E-state index in [0.717, 1.165) is 166 Å². The molecule has 0 saturated heterocycles. The molecule has 0 aliphatic heterocycles. The Bertz CT molecular complexity index is 4570. The van der Waals surface area contributed by atoms with Gasteiger partial charge in [0, 0.05) is 50.1 Å². The van der Waals surface area contributed by atoms with E-state index in [1.54, 1.807) is 0 Å². The first-order valence-corrected chi connectivity index (χ1v) is 55.2. The number of fused-ring (bicyclic) bond motifs is 6. The first kappa shape index (κ1) is 110. The number of hydrogen-bond acceptors (Lipinski definition) is 15. The van der Waals surface area contributed by atoms with Crippen LogP contribution in [0.15, 0.2) is 109 Å². The molecule has 0 unspecified atom stereocenters. The summed E-state index contributed by atoms with van der Waals surface area (Å²) in [5.74, 6) is 30.2. The Labute approximate surface area is 831 Å². The van der Waals surface area contributed by atoms with Crippen LogP contribution >= 0.6 is 0 Å². The zero-order chi connectivity index (χ0) is 96.7. The third kappa shape index (κ3) is 38.0. The molecule has 138 heavy (non-hydrogen) atoms. The van der Waals surface area contributed by atoms with Crippen LogP contribution in [0.2, 0.25) is 0 Å². The van der Waals surface area contributed by atoms with Crippen LogP contribution in [-0.2, 0) is 0 Å². The van der Waals surface area contributed by atoms with Crippen LogP contribution in [0.25, 0.3) is 51.5 Å². The molecule has 0 atom stereocenters. The predicted molar refractivity (Wildman–Crippen MR) is 569 cm³/mol. The summed E-state index contributed by atoms with van der Waals surface area (Å²) in [6.45, 7) is 25.7. The first-order valence-electron chi connectivity index (χ1n) is 55.2. The Kier molecular flexibility index (Phi) is 53.3. The molecular formula is C120H171N9O9. The Hall–Kier alpha value is -10.4. The van der Waals surface area contributed by atoms with Gasteiger partial charge in [0.2, 0.25) is 34.6 Å². The summed E-state index contributed by atoms with van der Waals surface area (Å²) in [6, 6.07) is 36.6. The van der Waals surface area contributed by atoms with Crippen molar-refractivity contribution in [2.75, 3.05) is 59.5 Å². The summed E-state index contributed by atoms with van der Waals surface area (Å²) in [6.07, 6.45) is 63.1. The van der Waals surface area contributed by atoms with E-state index in [0.29, 0.717) is 146 Å². The molecule has 0 amide bonds. The lowest BCUT2D eigenvalue weighted by Gasteiger charge is -2.18. The van der Waals surface area contributed by atoms with E-state index in [2.05, 4.69) is 97.8 Å². The molecule has 0 N–H and O–H groups in total. The summed E-state index contributed by atoms with van der Waals surface area (Å²) < 4.78 is 66.2. The quantitative estimate of drug-likeness (QED) is 0.0260. The maximum absolute atomic E-state index is 6.71. The van der Waals surface area contributed by atoms with Crippen LogP contribution in [-0.4, -0.2) is 103 Å². The first-order chi connectivity index (χ1) is 68.2. The molecular weight excluding hydrogens is 1710 g/mol. The van der Waals surface area contributed by atoms with Crippen LogP contribution < -0.4 is 42.6 Å². The van der Waals surface area contributed by atoms with Crippen molar-refractivity contribution >= 4 is 17.3 Å². The second kappa shape index (κ2) is 67.1. The van der Waals surface area contributed by atoms with Gasteiger partial charge in [0.15, 0.2) is 52.0 Å². The van der Waals surface area contributed by atoms with Crippen molar-refractivity contribution in [2.45, 2.75) is 409 Å². The lowest BCUT2D eigenvalue weighted by atomic mass is 10.1. The van der Waals surface area contributed by atoms with Crippen molar-refractivity contribution in [1.29, 1.82) is 0 Å². The third-order valence-corrected chi connectivity index (χ3v) is 25.8. The van der Waals surface area contributed by atoms with E-state index < -0.39 is 0 Å². The fourth-order valence-corrected chi connectivity index (χ4v) is 17.5. The predicted octanol–water partition coefficient (Wildman–Crippen LogP) is 32.7. The van der Waals surface area contributed by atoms with E-state index in [1.165, 1.54) is 231 Å². The zero-order valence-corrected chi connectivity index (χ0v) is 86.6. The molecule has 0 fully saturated rings. The minimum Gasteiger partial charge on any atom is -0.490 e. The molecule has 0 spiro atoms. The number of rotatable bonds is 75. The number of hydrogen-bond donors (Lipinski definition) is 0. The molecule has 4 heterocycles. The highest BCUT2D eigenvalue weighted by Crippen LogP contribution is 2.44. The highest BCUT2D eigenvalue weighted by Gasteiger charge is 2.27. The van der Waals surface area contributed by atoms with Crippen molar-refractivity contribution in [3.05, 3.63) is 143 Å². The SMILES string of the molecule is CCCCCCCCOc1cc(C#Cc2ccc(-c3nnc4n3c3nnc(-c5ccc(C#Cc6cc(OCCCCCCCC)c(OCCCCCCCC)c(OCCCCCCCC)c6)cc5)n3c3nnc(-c5ccc(C#Cc6cc(OCCCCCCCC)c(OCCCCCCCC)c(OCCCCCCCC)c6)cc5)n43)cc2)cc(OCCCCCCCC)c1OCCCCCCCC. The number of aromatic nitrogens is 9. The topological polar surface area (TPSA) is 174 Å². The van der Waals surface area contributed by atoms with E-state index in [4.69, 9.17) is 73.2 Å². The highest BCUT2D eigenvalue weighted by molar-refractivity contribution is 5.73. The number of nitrogens with zero attached hydrogens (tertiary/aromatic N) is 9. The second-order valence-electron chi connectivity index (χ2n) is 37.9. The van der Waals surface area contributed by atoms with E-state index >= 15 is 0 Å². The molecule has 750 valence electrons. The van der Waals surface area contributed by atoms with Gasteiger partial charge < -0.3 is 42.6 Å². The largest absolute Gasteiger partial charge is 0.490 e. The van der Waals surface area contributed by atoms with Crippen molar-refractivity contribution < 1.29 is 42.6 Å². The molecule has 18 heteroatoms. The minimum atomic E-state index is 0.445. The van der Waals surface area contributed by atoms with Gasteiger partial charge in [-0.25, -0.2) is 13.2 Å². The van der Waals surface area contributed by atoms with E-state index in [-0.39, 0.29) is 0 Å². The van der Waals surface area contributed by atoms with Crippen molar-refractivity contribution in [3.8, 4) is 121 Å². The van der Waals surface area contributed by atoms with Crippen molar-refractivity contribution in [2.24, 2.45) is 0 Å². The molecule has 0 aliphatic rings. The monoisotopic (exact) mass is 1880 g/mol. The number of ether oxygens (including phenoxy) is 9. The van der Waals surface area contributed by atoms with Gasteiger partial charge in [-0.15, -0.1) is 30.6 Å². The lowest BCUT2D eigenvalue weighted by molar-refractivity contribution is 0.234. The van der Waals surface area contributed by atoms with Gasteiger partial charge >= 0.3 is 0 Å². The molecule has 0 aliphatic carbocycles. The Morgan fingerprint density at radius 1 is 0.174 bits per heavy atom. The molecule has 4 aromatic heterocycles. The van der Waals surface area contributed by atoms with Gasteiger partial charge in [-0.05, 0) is 167 Å². The molecule has 0 saturated carbocycles. The minimum absolute atomic E-state index is 0.445. The Morgan fingerprint density at radius 2 is 0.326 bits per heavy atom. The summed E-state index contributed by atoms with van der Waals surface area (Å²) in [5.41, 5.74) is 7.17. The van der Waals surface area contributed by atoms with Crippen molar-refractivity contribution in [3.63, 3.8) is 0 Å². The smallest absolute Gasteiger partial charge is 0.247 e. The molecule has 0 radical (unpaired) electrons. The van der Waals surface area contributed by atoms with Gasteiger partial charge in [0.25, 0.3) is 0 Å². The Morgan fingerprint density at radius 3 is 0.500 bits per heavy atom. The summed E-state index contributed by atoms with van der Waals surface area (Å²) >= 11 is 0. The van der Waals surface area contributed by atoms with E-state index in [9.17, 15) is 0 Å². The fraction of sp³-hybridized carbons (Fsp3) is 0.600. The molecule has 6 aromatic carbocycles. The average Bonchev–Trinajstić information content (AvgIpc) is 1.55. The maximum Gasteiger partial charge on any atom is 0.247 e. The van der Waals surface area contributed by atoms with Crippen LogP contribution in [0.4, 0.5) is 0 Å². The van der Waals surface area contributed by atoms with Crippen LogP contribution in [0, 0.1) is 35.5 Å². The van der Waals surface area contributed by atoms with Gasteiger partial charge in [0.05, 0.1) is 59.5 Å². The van der Waals surface area contributed by atoms with Gasteiger partial charge in [-0.3, -0.25) is 0 Å². The maximum atomic E-state index is 6.71. The normalized spacial score (nSPS) is 11.3. The van der Waals surface area contributed by atoms with Crippen LogP contribution in [0.5, 0.6) is 51.7 Å². The molecule has 10 aromatic rings. The average molecular weight is 1880 g/mol.